The number of ether oxygens (including phenoxy) is 1. The van der Waals surface area contributed by atoms with Gasteiger partial charge in [0.05, 0.1) is 17.7 Å². The predicted octanol–water partition coefficient (Wildman–Crippen LogP) is 2.84. The van der Waals surface area contributed by atoms with Crippen LogP contribution in [0.2, 0.25) is 0 Å². The van der Waals surface area contributed by atoms with Crippen LogP contribution >= 0.6 is 11.8 Å². The van der Waals surface area contributed by atoms with Gasteiger partial charge in [0.15, 0.2) is 0 Å². The van der Waals surface area contributed by atoms with E-state index in [2.05, 4.69) is 11.4 Å². The van der Waals surface area contributed by atoms with Crippen LogP contribution in [-0.2, 0) is 4.74 Å². The second-order valence-corrected chi connectivity index (χ2v) is 6.90. The number of nitrogens with zero attached hydrogens (tertiary/aromatic N) is 1. The standard InChI is InChI=1S/C19H20N2O3S/c1-19(23,13-24-2)12-21-18(22)15-8-4-6-10-17(15)25-16-9-5-3-7-14(16)11-20/h3-10,23H,12-13H2,1-2H3,(H,21,22). The number of hydrogen-bond acceptors (Lipinski definition) is 5. The van der Waals surface area contributed by atoms with Crippen LogP contribution in [0.5, 0.6) is 0 Å². The van der Waals surface area contributed by atoms with Crippen LogP contribution in [0.15, 0.2) is 58.3 Å². The summed E-state index contributed by atoms with van der Waals surface area (Å²) in [5, 5.41) is 22.1. The molecule has 0 fully saturated rings. The van der Waals surface area contributed by atoms with Crippen LogP contribution in [0.25, 0.3) is 0 Å². The average Bonchev–Trinajstić information content (AvgIpc) is 2.61. The number of methoxy groups -OCH3 is 1. The maximum Gasteiger partial charge on any atom is 0.252 e. The lowest BCUT2D eigenvalue weighted by atomic mass is 10.1. The van der Waals surface area contributed by atoms with Gasteiger partial charge in [-0.1, -0.05) is 36.0 Å². The number of benzene rings is 2. The predicted molar refractivity (Wildman–Crippen MR) is 96.6 cm³/mol. The fourth-order valence-electron chi connectivity index (χ4n) is 2.24. The summed E-state index contributed by atoms with van der Waals surface area (Å²) in [5.41, 5.74) is -0.0842. The van der Waals surface area contributed by atoms with E-state index in [9.17, 15) is 15.2 Å². The third-order valence-electron chi connectivity index (χ3n) is 3.44. The highest BCUT2D eigenvalue weighted by Gasteiger charge is 2.22. The minimum atomic E-state index is -1.14. The van der Waals surface area contributed by atoms with Crippen LogP contribution in [-0.4, -0.2) is 36.9 Å². The monoisotopic (exact) mass is 356 g/mol. The minimum Gasteiger partial charge on any atom is -0.386 e. The highest BCUT2D eigenvalue weighted by molar-refractivity contribution is 7.99. The molecular formula is C19H20N2O3S. The summed E-state index contributed by atoms with van der Waals surface area (Å²) in [6.45, 7) is 1.80. The first-order valence-corrected chi connectivity index (χ1v) is 8.54. The molecule has 2 aromatic rings. The van der Waals surface area contributed by atoms with Crippen molar-refractivity contribution in [3.05, 3.63) is 59.7 Å². The van der Waals surface area contributed by atoms with Crippen LogP contribution in [0, 0.1) is 11.3 Å². The lowest BCUT2D eigenvalue weighted by Gasteiger charge is -2.22. The Morgan fingerprint density at radius 3 is 2.56 bits per heavy atom. The average molecular weight is 356 g/mol. The van der Waals surface area contributed by atoms with Crippen molar-refractivity contribution in [2.75, 3.05) is 20.3 Å². The summed E-state index contributed by atoms with van der Waals surface area (Å²) < 4.78 is 4.94. The fraction of sp³-hybridized carbons (Fsp3) is 0.263. The van der Waals surface area contributed by atoms with Crippen LogP contribution in [0.4, 0.5) is 0 Å². The number of nitriles is 1. The zero-order valence-electron chi connectivity index (χ0n) is 14.2. The molecule has 2 N–H and O–H groups in total. The molecule has 0 aliphatic carbocycles. The quantitative estimate of drug-likeness (QED) is 0.797. The summed E-state index contributed by atoms with van der Waals surface area (Å²) in [4.78, 5) is 14.1. The van der Waals surface area contributed by atoms with E-state index in [0.717, 1.165) is 9.79 Å². The van der Waals surface area contributed by atoms with Gasteiger partial charge >= 0.3 is 0 Å². The van der Waals surface area contributed by atoms with E-state index in [4.69, 9.17) is 4.74 Å². The summed E-state index contributed by atoms with van der Waals surface area (Å²) in [7, 11) is 1.49. The third kappa shape index (κ3) is 5.33. The summed E-state index contributed by atoms with van der Waals surface area (Å²) in [6, 6.07) is 16.6. The van der Waals surface area contributed by atoms with E-state index in [0.29, 0.717) is 11.1 Å². The number of hydrogen-bond donors (Lipinski definition) is 2. The number of aliphatic hydroxyl groups is 1. The number of carbonyl (C=O) groups is 1. The van der Waals surface area contributed by atoms with Crippen molar-refractivity contribution < 1.29 is 14.6 Å². The first-order valence-electron chi connectivity index (χ1n) is 7.72. The first kappa shape index (κ1) is 19.0. The fourth-order valence-corrected chi connectivity index (χ4v) is 3.26. The molecule has 0 aliphatic rings. The Morgan fingerprint density at radius 2 is 1.88 bits per heavy atom. The highest BCUT2D eigenvalue weighted by Crippen LogP contribution is 2.32. The molecular weight excluding hydrogens is 336 g/mol. The first-order chi connectivity index (χ1) is 12.0. The van der Waals surface area contributed by atoms with Crippen molar-refractivity contribution in [1.29, 1.82) is 5.26 Å². The van der Waals surface area contributed by atoms with Gasteiger partial charge in [-0.3, -0.25) is 4.79 Å². The molecule has 1 unspecified atom stereocenters. The second-order valence-electron chi connectivity index (χ2n) is 5.82. The molecule has 0 radical (unpaired) electrons. The maximum atomic E-state index is 12.5. The molecule has 1 amide bonds. The van der Waals surface area contributed by atoms with Crippen molar-refractivity contribution >= 4 is 17.7 Å². The molecule has 1 atom stereocenters. The van der Waals surface area contributed by atoms with E-state index in [1.54, 1.807) is 31.2 Å². The van der Waals surface area contributed by atoms with Gasteiger partial charge in [0.1, 0.15) is 11.7 Å². The van der Waals surface area contributed by atoms with Gasteiger partial charge in [-0.25, -0.2) is 0 Å². The van der Waals surface area contributed by atoms with Crippen molar-refractivity contribution in [2.45, 2.75) is 22.3 Å². The molecule has 0 aromatic heterocycles. The zero-order valence-corrected chi connectivity index (χ0v) is 15.0. The Bertz CT molecular complexity index is 784. The van der Waals surface area contributed by atoms with Crippen molar-refractivity contribution in [3.63, 3.8) is 0 Å². The molecule has 0 saturated carbocycles. The molecule has 130 valence electrons. The Kier molecular flexibility index (Phi) is 6.59. The second kappa shape index (κ2) is 8.67. The van der Waals surface area contributed by atoms with Crippen LogP contribution in [0.3, 0.4) is 0 Å². The molecule has 0 saturated heterocycles. The van der Waals surface area contributed by atoms with E-state index in [1.165, 1.54) is 18.9 Å². The van der Waals surface area contributed by atoms with Crippen LogP contribution < -0.4 is 5.32 Å². The van der Waals surface area contributed by atoms with Gasteiger partial charge in [0, 0.05) is 23.4 Å². The normalized spacial score (nSPS) is 12.9. The van der Waals surface area contributed by atoms with E-state index in [-0.39, 0.29) is 19.1 Å². The zero-order chi connectivity index (χ0) is 18.3. The third-order valence-corrected chi connectivity index (χ3v) is 4.60. The Labute approximate surface area is 151 Å². The minimum absolute atomic E-state index is 0.0768. The Hall–Kier alpha value is -2.33. The lowest BCUT2D eigenvalue weighted by molar-refractivity contribution is -0.0147. The molecule has 0 spiro atoms. The van der Waals surface area contributed by atoms with E-state index >= 15 is 0 Å². The molecule has 0 heterocycles. The molecule has 25 heavy (non-hydrogen) atoms. The summed E-state index contributed by atoms with van der Waals surface area (Å²) in [5.74, 6) is -0.283. The largest absolute Gasteiger partial charge is 0.386 e. The van der Waals surface area contributed by atoms with Crippen molar-refractivity contribution in [2.24, 2.45) is 0 Å². The summed E-state index contributed by atoms with van der Waals surface area (Å²) >= 11 is 1.37. The van der Waals surface area contributed by atoms with Gasteiger partial charge in [-0.15, -0.1) is 0 Å². The molecule has 0 bridgehead atoms. The number of rotatable bonds is 7. The summed E-state index contributed by atoms with van der Waals surface area (Å²) in [6.07, 6.45) is 0. The number of amides is 1. The Balaban J connectivity index is 2.18. The van der Waals surface area contributed by atoms with Gasteiger partial charge in [-0.05, 0) is 31.2 Å². The van der Waals surface area contributed by atoms with Gasteiger partial charge in [-0.2, -0.15) is 5.26 Å². The smallest absolute Gasteiger partial charge is 0.252 e. The van der Waals surface area contributed by atoms with Crippen molar-refractivity contribution in [3.8, 4) is 6.07 Å². The van der Waals surface area contributed by atoms with Gasteiger partial charge in [0.2, 0.25) is 0 Å². The lowest BCUT2D eigenvalue weighted by Crippen LogP contribution is -2.43. The van der Waals surface area contributed by atoms with E-state index < -0.39 is 5.60 Å². The SMILES string of the molecule is COCC(C)(O)CNC(=O)c1ccccc1Sc1ccccc1C#N. The van der Waals surface area contributed by atoms with E-state index in [1.807, 2.05) is 24.3 Å². The number of nitrogens with one attached hydrogen (secondary N) is 1. The van der Waals surface area contributed by atoms with Crippen molar-refractivity contribution in [1.82, 2.24) is 5.32 Å². The topological polar surface area (TPSA) is 82.3 Å². The molecule has 2 rings (SSSR count). The van der Waals surface area contributed by atoms with Crippen LogP contribution in [0.1, 0.15) is 22.8 Å². The molecule has 0 aliphatic heterocycles. The molecule has 5 nitrogen and oxygen atoms in total. The number of carbonyl (C=O) groups excluding carboxylic acids is 1. The highest BCUT2D eigenvalue weighted by atomic mass is 32.2. The van der Waals surface area contributed by atoms with Gasteiger partial charge in [0.25, 0.3) is 5.91 Å². The van der Waals surface area contributed by atoms with Gasteiger partial charge < -0.3 is 15.2 Å². The Morgan fingerprint density at radius 1 is 1.24 bits per heavy atom. The molecule has 6 heteroatoms. The molecule has 2 aromatic carbocycles. The maximum absolute atomic E-state index is 12.5.